The monoisotopic (exact) mass is 388 g/mol. The van der Waals surface area contributed by atoms with Crippen LogP contribution in [-0.4, -0.2) is 44.6 Å². The Morgan fingerprint density at radius 2 is 2.15 bits per heavy atom. The number of ketones is 1. The molecule has 0 bridgehead atoms. The van der Waals surface area contributed by atoms with Gasteiger partial charge in [-0.05, 0) is 39.0 Å². The van der Waals surface area contributed by atoms with Gasteiger partial charge in [0.15, 0.2) is 22.5 Å². The number of hydrogen-bond donors (Lipinski definition) is 0. The summed E-state index contributed by atoms with van der Waals surface area (Å²) in [6.07, 6.45) is 1.60. The molecule has 3 rings (SSSR count). The summed E-state index contributed by atoms with van der Waals surface area (Å²) >= 11 is 1.37. The number of furan rings is 1. The van der Waals surface area contributed by atoms with Crippen LogP contribution in [0.3, 0.4) is 0 Å². The smallest absolute Gasteiger partial charge is 0.200 e. The normalized spacial score (nSPS) is 12.5. The Hall–Kier alpha value is -2.32. The van der Waals surface area contributed by atoms with Crippen molar-refractivity contribution in [1.82, 2.24) is 19.3 Å². The zero-order valence-corrected chi connectivity index (χ0v) is 17.0. The minimum atomic E-state index is 0.0755. The van der Waals surface area contributed by atoms with Crippen molar-refractivity contribution in [1.29, 1.82) is 0 Å². The third-order valence-electron chi connectivity index (χ3n) is 4.54. The fraction of sp³-hybridized carbons (Fsp3) is 0.421. The van der Waals surface area contributed by atoms with Gasteiger partial charge in [0.2, 0.25) is 0 Å². The molecule has 3 aromatic rings. The molecule has 0 aliphatic heterocycles. The molecule has 1 atom stereocenters. The van der Waals surface area contributed by atoms with E-state index < -0.39 is 0 Å². The van der Waals surface area contributed by atoms with Gasteiger partial charge in [0.25, 0.3) is 0 Å². The van der Waals surface area contributed by atoms with Crippen molar-refractivity contribution < 1.29 is 13.9 Å². The number of thioether (sulfide) groups is 1. The largest absolute Gasteiger partial charge is 0.461 e. The molecule has 3 heterocycles. The fourth-order valence-corrected chi connectivity index (χ4v) is 4.12. The summed E-state index contributed by atoms with van der Waals surface area (Å²) in [6, 6.07) is 5.77. The summed E-state index contributed by atoms with van der Waals surface area (Å²) in [5.74, 6) is 1.67. The molecule has 0 saturated heterocycles. The van der Waals surface area contributed by atoms with Crippen molar-refractivity contribution in [3.05, 3.63) is 41.4 Å². The molecule has 0 N–H and O–H groups in total. The predicted molar refractivity (Wildman–Crippen MR) is 104 cm³/mol. The maximum Gasteiger partial charge on any atom is 0.200 e. The van der Waals surface area contributed by atoms with Gasteiger partial charge in [0.05, 0.1) is 24.7 Å². The van der Waals surface area contributed by atoms with E-state index >= 15 is 0 Å². The zero-order valence-electron chi connectivity index (χ0n) is 16.2. The molecule has 7 nitrogen and oxygen atoms in total. The minimum absolute atomic E-state index is 0.0755. The number of ether oxygens (including phenoxy) is 1. The molecule has 0 aliphatic carbocycles. The van der Waals surface area contributed by atoms with Gasteiger partial charge in [-0.25, -0.2) is 0 Å². The number of aromatic nitrogens is 4. The van der Waals surface area contributed by atoms with Crippen LogP contribution in [0.5, 0.6) is 0 Å². The molecule has 0 aliphatic rings. The molecule has 0 radical (unpaired) electrons. The third kappa shape index (κ3) is 3.86. The van der Waals surface area contributed by atoms with E-state index in [1.165, 1.54) is 11.8 Å². The van der Waals surface area contributed by atoms with Crippen LogP contribution in [0.15, 0.2) is 34.0 Å². The van der Waals surface area contributed by atoms with Crippen LogP contribution >= 0.6 is 11.8 Å². The van der Waals surface area contributed by atoms with E-state index in [1.807, 2.05) is 37.6 Å². The predicted octanol–water partition coefficient (Wildman–Crippen LogP) is 3.68. The number of nitrogens with zero attached hydrogens (tertiary/aromatic N) is 4. The molecule has 0 fully saturated rings. The van der Waals surface area contributed by atoms with Crippen molar-refractivity contribution in [2.45, 2.75) is 32.0 Å². The van der Waals surface area contributed by atoms with Crippen LogP contribution in [0.1, 0.15) is 34.7 Å². The molecule has 0 unspecified atom stereocenters. The first-order chi connectivity index (χ1) is 12.9. The standard InChI is InChI=1S/C19H24N4O3S/c1-12-9-15(14(3)23(12)13(2)10-25-5)16(24)11-27-19-21-20-18(22(19)4)17-7-6-8-26-17/h6-9,13H,10-11H2,1-5H3/t13-/m1/s1. The van der Waals surface area contributed by atoms with Crippen molar-refractivity contribution >= 4 is 17.5 Å². The second-order valence-electron chi connectivity index (χ2n) is 6.51. The van der Waals surface area contributed by atoms with Crippen LogP contribution in [-0.2, 0) is 11.8 Å². The quantitative estimate of drug-likeness (QED) is 0.433. The molecule has 0 amide bonds. The van der Waals surface area contributed by atoms with Gasteiger partial charge in [-0.2, -0.15) is 0 Å². The third-order valence-corrected chi connectivity index (χ3v) is 5.56. The minimum Gasteiger partial charge on any atom is -0.461 e. The first-order valence-electron chi connectivity index (χ1n) is 8.70. The van der Waals surface area contributed by atoms with Gasteiger partial charge in [0.1, 0.15) is 0 Å². The Bertz CT molecular complexity index is 927. The first kappa shape index (κ1) is 19.4. The van der Waals surface area contributed by atoms with E-state index in [2.05, 4.69) is 21.7 Å². The van der Waals surface area contributed by atoms with Gasteiger partial charge in [-0.1, -0.05) is 11.8 Å². The van der Waals surface area contributed by atoms with E-state index in [9.17, 15) is 4.79 Å². The second-order valence-corrected chi connectivity index (χ2v) is 7.46. The summed E-state index contributed by atoms with van der Waals surface area (Å²) in [5.41, 5.74) is 2.78. The SMILES string of the molecule is COC[C@@H](C)n1c(C)cc(C(=O)CSc2nnc(-c3ccco3)n2C)c1C. The van der Waals surface area contributed by atoms with E-state index in [0.717, 1.165) is 17.0 Å². The molecule has 8 heteroatoms. The Labute approximate surface area is 162 Å². The van der Waals surface area contributed by atoms with E-state index in [0.29, 0.717) is 29.1 Å². The lowest BCUT2D eigenvalue weighted by Crippen LogP contribution is -2.14. The van der Waals surface area contributed by atoms with Gasteiger partial charge in [-0.15, -0.1) is 10.2 Å². The summed E-state index contributed by atoms with van der Waals surface area (Å²) in [6.45, 7) is 6.69. The van der Waals surface area contributed by atoms with Crippen LogP contribution in [0.2, 0.25) is 0 Å². The second kappa shape index (κ2) is 8.14. The number of Topliss-reactive ketones (excluding diaryl/α,β-unsaturated/α-hetero) is 1. The maximum atomic E-state index is 12.8. The van der Waals surface area contributed by atoms with Crippen molar-refractivity contribution in [3.8, 4) is 11.6 Å². The van der Waals surface area contributed by atoms with E-state index in [1.54, 1.807) is 19.4 Å². The molecule has 0 aromatic carbocycles. The van der Waals surface area contributed by atoms with Crippen molar-refractivity contribution in [2.75, 3.05) is 19.5 Å². The van der Waals surface area contributed by atoms with Crippen LogP contribution < -0.4 is 0 Å². The number of carbonyl (C=O) groups is 1. The van der Waals surface area contributed by atoms with E-state index in [-0.39, 0.29) is 11.8 Å². The highest BCUT2D eigenvalue weighted by molar-refractivity contribution is 7.99. The highest BCUT2D eigenvalue weighted by atomic mass is 32.2. The topological polar surface area (TPSA) is 75.1 Å². The number of aryl methyl sites for hydroxylation is 1. The molecule has 0 saturated carbocycles. The Balaban J connectivity index is 1.73. The Morgan fingerprint density at radius 1 is 1.37 bits per heavy atom. The molecule has 144 valence electrons. The average Bonchev–Trinajstić information content (AvgIpc) is 3.33. The zero-order chi connectivity index (χ0) is 19.6. The Kier molecular flexibility index (Phi) is 5.86. The molecule has 0 spiro atoms. The van der Waals surface area contributed by atoms with Gasteiger partial charge in [0, 0.05) is 31.1 Å². The number of hydrogen-bond acceptors (Lipinski definition) is 6. The maximum absolute atomic E-state index is 12.8. The van der Waals surface area contributed by atoms with E-state index in [4.69, 9.17) is 9.15 Å². The highest BCUT2D eigenvalue weighted by Gasteiger charge is 2.20. The van der Waals surface area contributed by atoms with Crippen molar-refractivity contribution in [3.63, 3.8) is 0 Å². The number of methoxy groups -OCH3 is 1. The lowest BCUT2D eigenvalue weighted by Gasteiger charge is -2.17. The van der Waals surface area contributed by atoms with Crippen LogP contribution in [0.25, 0.3) is 11.6 Å². The summed E-state index contributed by atoms with van der Waals surface area (Å²) in [7, 11) is 3.55. The number of rotatable bonds is 8. The average molecular weight is 388 g/mol. The first-order valence-corrected chi connectivity index (χ1v) is 9.69. The summed E-state index contributed by atoms with van der Waals surface area (Å²) < 4.78 is 14.6. The van der Waals surface area contributed by atoms with Crippen LogP contribution in [0, 0.1) is 13.8 Å². The Morgan fingerprint density at radius 3 is 2.81 bits per heavy atom. The molecular weight excluding hydrogens is 364 g/mol. The van der Waals surface area contributed by atoms with Gasteiger partial charge in [-0.3, -0.25) is 4.79 Å². The molecule has 27 heavy (non-hydrogen) atoms. The fourth-order valence-electron chi connectivity index (χ4n) is 3.32. The lowest BCUT2D eigenvalue weighted by molar-refractivity contribution is 0.102. The molecular formula is C19H24N4O3S. The van der Waals surface area contributed by atoms with Crippen LogP contribution in [0.4, 0.5) is 0 Å². The summed E-state index contributed by atoms with van der Waals surface area (Å²) in [4.78, 5) is 12.8. The summed E-state index contributed by atoms with van der Waals surface area (Å²) in [5, 5.41) is 9.01. The highest BCUT2D eigenvalue weighted by Crippen LogP contribution is 2.26. The molecule has 3 aromatic heterocycles. The lowest BCUT2D eigenvalue weighted by atomic mass is 10.2. The van der Waals surface area contributed by atoms with Crippen molar-refractivity contribution in [2.24, 2.45) is 7.05 Å². The van der Waals surface area contributed by atoms with Gasteiger partial charge < -0.3 is 18.3 Å². The van der Waals surface area contributed by atoms with Gasteiger partial charge >= 0.3 is 0 Å². The number of carbonyl (C=O) groups excluding carboxylic acids is 1.